The Morgan fingerprint density at radius 1 is 0.615 bits per heavy atom. The van der Waals surface area contributed by atoms with Crippen LogP contribution in [0.25, 0.3) is 21.8 Å². The summed E-state index contributed by atoms with van der Waals surface area (Å²) in [7, 11) is 0. The predicted molar refractivity (Wildman–Crippen MR) is 392 cm³/mol. The van der Waals surface area contributed by atoms with E-state index in [1.807, 2.05) is 56.3 Å². The maximum atomic E-state index is 14.0. The molecule has 0 aliphatic carbocycles. The summed E-state index contributed by atoms with van der Waals surface area (Å²) in [6.45, 7) is 12.1. The minimum absolute atomic E-state index is 0.00864. The molecular weight excluding hydrogens is 1400 g/mol. The number of amides is 3. The number of benzene rings is 7. The van der Waals surface area contributed by atoms with Gasteiger partial charge in [-0.25, -0.2) is 23.7 Å². The second-order valence-corrected chi connectivity index (χ2v) is 25.5. The molecule has 5 N–H and O–H groups in total. The van der Waals surface area contributed by atoms with E-state index in [4.69, 9.17) is 57.4 Å². The Kier molecular flexibility index (Phi) is 31.6. The van der Waals surface area contributed by atoms with Gasteiger partial charge in [0.05, 0.1) is 56.8 Å². The van der Waals surface area contributed by atoms with Gasteiger partial charge < -0.3 is 49.9 Å². The lowest BCUT2D eigenvalue weighted by Gasteiger charge is -2.19. The summed E-state index contributed by atoms with van der Waals surface area (Å²) in [5.41, 5.74) is 7.86. The van der Waals surface area contributed by atoms with Crippen molar-refractivity contribution in [1.29, 1.82) is 0 Å². The van der Waals surface area contributed by atoms with E-state index in [2.05, 4.69) is 43.4 Å². The van der Waals surface area contributed by atoms with Crippen molar-refractivity contribution < 1.29 is 76.7 Å². The number of Topliss-reactive ketones (excluding diaryl/α,β-unsaturated/α-hetero) is 1. The molecule has 0 saturated heterocycles. The number of primary amides is 1. The maximum Gasteiger partial charge on any atom is 0.347 e. The number of aryl methyl sites for hydroxylation is 1. The van der Waals surface area contributed by atoms with Crippen molar-refractivity contribution in [3.63, 3.8) is 0 Å². The van der Waals surface area contributed by atoms with Crippen molar-refractivity contribution in [2.75, 3.05) is 23.8 Å². The van der Waals surface area contributed by atoms with E-state index in [1.165, 1.54) is 125 Å². The predicted octanol–water partition coefficient (Wildman–Crippen LogP) is 14.3. The second-order valence-electron chi connectivity index (χ2n) is 23.8. The number of aromatic hydroxyl groups is 1. The van der Waals surface area contributed by atoms with E-state index >= 15 is 0 Å². The Morgan fingerprint density at radius 3 is 1.80 bits per heavy atom. The smallest absolute Gasteiger partial charge is 0.347 e. The molecule has 548 valence electrons. The van der Waals surface area contributed by atoms with Crippen molar-refractivity contribution in [3.8, 4) is 23.0 Å². The zero-order valence-electron chi connectivity index (χ0n) is 58.6. The third-order valence-electron chi connectivity index (χ3n) is 15.6. The molecule has 3 atom stereocenters. The highest BCUT2D eigenvalue weighted by atomic mass is 35.5. The summed E-state index contributed by atoms with van der Waals surface area (Å²) in [4.78, 5) is 112. The van der Waals surface area contributed by atoms with E-state index in [0.29, 0.717) is 63.0 Å². The molecule has 3 unspecified atom stereocenters. The molecule has 26 nitrogen and oxygen atoms in total. The number of anilines is 2. The third-order valence-corrected chi connectivity index (χ3v) is 17.3. The zero-order valence-corrected chi connectivity index (χ0v) is 60.9. The molecule has 29 heteroatoms. The number of unbranched alkanes of at least 4 members (excludes halogenated alkanes) is 9. The fraction of sp³-hybridized carbons (Fsp3) is 0.333. The van der Waals surface area contributed by atoms with E-state index in [0.717, 1.165) is 41.5 Å². The number of halogens is 2. The van der Waals surface area contributed by atoms with Crippen LogP contribution < -0.4 is 25.8 Å². The number of esters is 5. The number of ketones is 1. The third kappa shape index (κ3) is 24.2. The van der Waals surface area contributed by atoms with Gasteiger partial charge in [-0.1, -0.05) is 179 Å². The van der Waals surface area contributed by atoms with Gasteiger partial charge >= 0.3 is 29.8 Å². The van der Waals surface area contributed by atoms with Crippen LogP contribution in [0.15, 0.2) is 145 Å². The topological polar surface area (TPSA) is 354 Å². The van der Waals surface area contributed by atoms with Crippen molar-refractivity contribution >= 4 is 121 Å². The Balaban J connectivity index is 0.000000276. The van der Waals surface area contributed by atoms with Crippen LogP contribution in [0.4, 0.5) is 11.4 Å². The van der Waals surface area contributed by atoms with Crippen LogP contribution in [-0.2, 0) is 60.0 Å². The highest BCUT2D eigenvalue weighted by Gasteiger charge is 2.33. The number of fused-ring (bicyclic) bond motifs is 2. The van der Waals surface area contributed by atoms with Crippen LogP contribution in [0.5, 0.6) is 23.0 Å². The lowest BCUT2D eigenvalue weighted by atomic mass is 10.0. The highest BCUT2D eigenvalue weighted by Crippen LogP contribution is 2.39. The van der Waals surface area contributed by atoms with Gasteiger partial charge in [0.15, 0.2) is 18.0 Å². The Morgan fingerprint density at radius 2 is 1.20 bits per heavy atom. The van der Waals surface area contributed by atoms with Gasteiger partial charge in [0.1, 0.15) is 35.1 Å². The average molecular weight is 1480 g/mol. The minimum atomic E-state index is -1.74. The number of nitrogens with zero attached hydrogens (tertiary/aromatic N) is 7. The lowest BCUT2D eigenvalue weighted by Crippen LogP contribution is -2.37. The van der Waals surface area contributed by atoms with Crippen molar-refractivity contribution in [1.82, 2.24) is 35.2 Å². The molecular formula is C75H82Cl2N10O16S. The first-order chi connectivity index (χ1) is 50.0. The molecule has 0 aliphatic heterocycles. The van der Waals surface area contributed by atoms with Crippen LogP contribution in [0, 0.1) is 6.92 Å². The number of para-hydroxylation sites is 2. The molecule has 104 heavy (non-hydrogen) atoms. The van der Waals surface area contributed by atoms with E-state index < -0.39 is 53.9 Å². The molecule has 0 spiro atoms. The number of nitrogens with one attached hydrogen (secondary N) is 2. The molecule has 0 aliphatic rings. The maximum absolute atomic E-state index is 14.0. The van der Waals surface area contributed by atoms with Crippen LogP contribution >= 0.6 is 35.0 Å². The number of thioether (sulfide) groups is 1. The Labute approximate surface area is 614 Å². The van der Waals surface area contributed by atoms with Gasteiger partial charge in [0.25, 0.3) is 17.7 Å². The first-order valence-electron chi connectivity index (χ1n) is 33.7. The van der Waals surface area contributed by atoms with Gasteiger partial charge in [-0.2, -0.15) is 0 Å². The normalized spacial score (nSPS) is 11.7. The SMILES string of the molecule is CC(=O)Oc1ccccc1.CCCCCCCCCCCCOC(=O)C(C)OC(=O)c1ccc(Cl)c(NC(=O)C(C(=O)Nc2cc(C(=O)OC(C)C(C)=O)ccc2Cl)n2nnc3ccccc32)c1.CCCOC(=O)Cn1nnnc1SCc1ccc(Oc2cc(C(N)=O)c(O)c3ccccc23)c(C)c1. The summed E-state index contributed by atoms with van der Waals surface area (Å²) < 4.78 is 34.4. The molecule has 3 amide bonds. The van der Waals surface area contributed by atoms with Crippen molar-refractivity contribution in [2.45, 2.75) is 155 Å². The van der Waals surface area contributed by atoms with Crippen LogP contribution in [0.3, 0.4) is 0 Å². The largest absolute Gasteiger partial charge is 0.506 e. The molecule has 2 aromatic heterocycles. The van der Waals surface area contributed by atoms with Crippen molar-refractivity contribution in [3.05, 3.63) is 177 Å². The van der Waals surface area contributed by atoms with Crippen LogP contribution in [0.1, 0.15) is 160 Å². The number of carbonyl (C=O) groups excluding carboxylic acids is 9. The number of phenols is 1. The number of aromatic nitrogens is 7. The first-order valence-corrected chi connectivity index (χ1v) is 35.4. The fourth-order valence-electron chi connectivity index (χ4n) is 10.0. The summed E-state index contributed by atoms with van der Waals surface area (Å²) >= 11 is 14.2. The second kappa shape index (κ2) is 40.8. The molecule has 2 heterocycles. The molecule has 9 rings (SSSR count). The average Bonchev–Trinajstić information content (AvgIpc) is 1.04. The molecule has 0 fully saturated rings. The van der Waals surface area contributed by atoms with Crippen LogP contribution in [-0.4, -0.2) is 119 Å². The molecule has 0 bridgehead atoms. The summed E-state index contributed by atoms with van der Waals surface area (Å²) in [5, 5.41) is 36.9. The van der Waals surface area contributed by atoms with E-state index in [-0.39, 0.29) is 74.7 Å². The Bertz CT molecular complexity index is 4480. The molecule has 0 saturated carbocycles. The van der Waals surface area contributed by atoms with Gasteiger partial charge in [-0.15, -0.1) is 10.2 Å². The minimum Gasteiger partial charge on any atom is -0.506 e. The van der Waals surface area contributed by atoms with E-state index in [9.17, 15) is 48.3 Å². The number of hydrogen-bond acceptors (Lipinski definition) is 22. The molecule has 7 aromatic carbocycles. The number of rotatable bonds is 33. The first kappa shape index (κ1) is 80.5. The fourth-order valence-corrected chi connectivity index (χ4v) is 11.2. The molecule has 9 aromatic rings. The number of hydrogen-bond donors (Lipinski definition) is 4. The van der Waals surface area contributed by atoms with Gasteiger partial charge in [0, 0.05) is 23.4 Å². The summed E-state index contributed by atoms with van der Waals surface area (Å²) in [6, 6.07) is 36.0. The number of carbonyl (C=O) groups is 9. The lowest BCUT2D eigenvalue weighted by molar-refractivity contribution is -0.153. The van der Waals surface area contributed by atoms with Gasteiger partial charge in [0.2, 0.25) is 11.2 Å². The summed E-state index contributed by atoms with van der Waals surface area (Å²) in [6.07, 6.45) is 9.92. The number of nitrogens with two attached hydrogens (primary N) is 1. The highest BCUT2D eigenvalue weighted by molar-refractivity contribution is 7.98. The zero-order chi connectivity index (χ0) is 75.2. The number of ether oxygens (including phenoxy) is 6. The monoisotopic (exact) mass is 1480 g/mol. The quantitative estimate of drug-likeness (QED) is 0.00741. The van der Waals surface area contributed by atoms with Crippen LogP contribution in [0.2, 0.25) is 10.0 Å². The molecule has 0 radical (unpaired) electrons. The van der Waals surface area contributed by atoms with Gasteiger partial charge in [-0.3, -0.25) is 28.8 Å². The van der Waals surface area contributed by atoms with E-state index in [1.54, 1.807) is 54.6 Å². The van der Waals surface area contributed by atoms with Gasteiger partial charge in [-0.05, 0) is 135 Å². The number of tetrazole rings is 1. The Hall–Kier alpha value is -10.8. The standard InChI is InChI=1S/C42H49Cl2N5O9.C25H25N5O5S.C8H8O2/c1-5-6-7-8-9-10-11-12-13-16-23-56-40(53)28(4)58-42(55)30-20-22-32(44)35(25-30)46-39(52)37(49-36-18-15-14-17-33(36)47-48-49)38(51)45-34-24-29(19-21-31(34)43)41(54)57-27(3)26(2)50;1-3-10-34-22(31)13-30-25(27-28-29-30)36-14-16-8-9-20(15(2)11-16)35-21-12-19(24(26)33)23(32)18-7-5-4-6-17(18)21;1-7(9)10-8-5-3-2-4-6-8/h14-15,17-22,24-25,27-28,37H,5-13,16,23H2,1-4H3,(H,45,51)(H,46,52);4-9,11-12,32H,3,10,13-14H2,1-2H3,(H2,26,33);2-6H,1H3. The van der Waals surface area contributed by atoms with Crippen molar-refractivity contribution in [2.24, 2.45) is 5.73 Å². The summed E-state index contributed by atoms with van der Waals surface area (Å²) in [5.74, 6) is -4.05.